The van der Waals surface area contributed by atoms with E-state index >= 15 is 0 Å². The fourth-order valence-electron chi connectivity index (χ4n) is 2.38. The van der Waals surface area contributed by atoms with Crippen molar-refractivity contribution in [3.63, 3.8) is 0 Å². The molecule has 0 spiro atoms. The first-order valence-electron chi connectivity index (χ1n) is 6.87. The van der Waals surface area contributed by atoms with Crippen LogP contribution in [0.15, 0.2) is 17.0 Å². The Balaban J connectivity index is 2.00. The van der Waals surface area contributed by atoms with E-state index in [1.165, 1.54) is 0 Å². The molecule has 1 aromatic rings. The smallest absolute Gasteiger partial charge is 0.261 e. The molecule has 21 heavy (non-hydrogen) atoms. The maximum absolute atomic E-state index is 11.4. The van der Waals surface area contributed by atoms with Crippen molar-refractivity contribution in [2.45, 2.75) is 18.7 Å². The van der Waals surface area contributed by atoms with Crippen LogP contribution in [0.4, 0.5) is 0 Å². The summed E-state index contributed by atoms with van der Waals surface area (Å²) in [6, 6.07) is 3.08. The summed E-state index contributed by atoms with van der Waals surface area (Å²) in [5, 5.41) is 0. The van der Waals surface area contributed by atoms with Crippen LogP contribution < -0.4 is 4.74 Å². The molecule has 0 unspecified atom stereocenters. The van der Waals surface area contributed by atoms with Crippen molar-refractivity contribution in [1.82, 2.24) is 4.90 Å². The highest BCUT2D eigenvalue weighted by Gasteiger charge is 2.15. The Morgan fingerprint density at radius 1 is 1.24 bits per heavy atom. The zero-order chi connectivity index (χ0) is 15.5. The fourth-order valence-corrected chi connectivity index (χ4v) is 3.28. The van der Waals surface area contributed by atoms with Crippen LogP contribution in [0.2, 0.25) is 0 Å². The lowest BCUT2D eigenvalue weighted by molar-refractivity contribution is 0.0322. The first kappa shape index (κ1) is 16.5. The molecule has 0 atom stereocenters. The molecule has 7 heteroatoms. The molecule has 1 aliphatic rings. The van der Waals surface area contributed by atoms with Gasteiger partial charge in [-0.15, -0.1) is 0 Å². The second-order valence-electron chi connectivity index (χ2n) is 5.13. The standard InChI is InChI=1S/C14H20ClNO4S/c1-11-9-13(21(15,17)18)10-12(2)14(11)20-8-5-16-3-6-19-7-4-16/h9-10H,3-8H2,1-2H3. The van der Waals surface area contributed by atoms with Gasteiger partial charge in [-0.25, -0.2) is 8.42 Å². The minimum atomic E-state index is -3.71. The number of ether oxygens (including phenoxy) is 2. The van der Waals surface area contributed by atoms with E-state index in [1.54, 1.807) is 12.1 Å². The SMILES string of the molecule is Cc1cc(S(=O)(=O)Cl)cc(C)c1OCCN1CCOCC1. The van der Waals surface area contributed by atoms with Crippen LogP contribution in [-0.2, 0) is 13.8 Å². The predicted octanol–water partition coefficient (Wildman–Crippen LogP) is 1.94. The molecule has 0 aliphatic carbocycles. The molecule has 1 fully saturated rings. The van der Waals surface area contributed by atoms with Gasteiger partial charge < -0.3 is 9.47 Å². The molecule has 0 radical (unpaired) electrons. The van der Waals surface area contributed by atoms with Gasteiger partial charge >= 0.3 is 0 Å². The van der Waals surface area contributed by atoms with E-state index in [0.29, 0.717) is 6.61 Å². The number of hydrogen-bond donors (Lipinski definition) is 0. The van der Waals surface area contributed by atoms with Crippen molar-refractivity contribution in [3.05, 3.63) is 23.3 Å². The van der Waals surface area contributed by atoms with Gasteiger partial charge in [0.1, 0.15) is 12.4 Å². The van der Waals surface area contributed by atoms with E-state index in [9.17, 15) is 8.42 Å². The van der Waals surface area contributed by atoms with Gasteiger partial charge in [-0.05, 0) is 37.1 Å². The molecule has 1 saturated heterocycles. The number of hydrogen-bond acceptors (Lipinski definition) is 5. The molecule has 2 rings (SSSR count). The van der Waals surface area contributed by atoms with E-state index in [1.807, 2.05) is 13.8 Å². The van der Waals surface area contributed by atoms with Crippen LogP contribution in [0.3, 0.4) is 0 Å². The lowest BCUT2D eigenvalue weighted by Gasteiger charge is -2.26. The molecular weight excluding hydrogens is 314 g/mol. The third kappa shape index (κ3) is 4.57. The predicted molar refractivity (Wildman–Crippen MR) is 81.7 cm³/mol. The summed E-state index contributed by atoms with van der Waals surface area (Å²) in [6.45, 7) is 8.41. The zero-order valence-corrected chi connectivity index (χ0v) is 13.8. The summed E-state index contributed by atoms with van der Waals surface area (Å²) >= 11 is 0. The van der Waals surface area contributed by atoms with Crippen LogP contribution in [0.25, 0.3) is 0 Å². The van der Waals surface area contributed by atoms with Gasteiger partial charge in [0.25, 0.3) is 9.05 Å². The third-order valence-electron chi connectivity index (χ3n) is 3.47. The number of nitrogens with zero attached hydrogens (tertiary/aromatic N) is 1. The van der Waals surface area contributed by atoms with Crippen molar-refractivity contribution in [1.29, 1.82) is 0 Å². The zero-order valence-electron chi connectivity index (χ0n) is 12.3. The van der Waals surface area contributed by atoms with Gasteiger partial charge in [0.05, 0.1) is 18.1 Å². The summed E-state index contributed by atoms with van der Waals surface area (Å²) in [4.78, 5) is 2.39. The van der Waals surface area contributed by atoms with Gasteiger partial charge in [0.2, 0.25) is 0 Å². The van der Waals surface area contributed by atoms with Gasteiger partial charge in [0, 0.05) is 30.3 Å². The van der Waals surface area contributed by atoms with Crippen molar-refractivity contribution in [2.75, 3.05) is 39.5 Å². The van der Waals surface area contributed by atoms with Crippen LogP contribution in [-0.4, -0.2) is 52.8 Å². The Labute approximate surface area is 130 Å². The monoisotopic (exact) mass is 333 g/mol. The Morgan fingerprint density at radius 2 is 1.81 bits per heavy atom. The van der Waals surface area contributed by atoms with Gasteiger partial charge in [-0.3, -0.25) is 4.90 Å². The molecule has 0 bridgehead atoms. The molecule has 1 aromatic carbocycles. The number of morpholine rings is 1. The molecule has 0 saturated carbocycles. The van der Waals surface area contributed by atoms with Crippen molar-refractivity contribution in [3.8, 4) is 5.75 Å². The first-order chi connectivity index (χ1) is 9.88. The maximum atomic E-state index is 11.4. The fraction of sp³-hybridized carbons (Fsp3) is 0.571. The summed E-state index contributed by atoms with van der Waals surface area (Å²) in [5.74, 6) is 0.729. The Kier molecular flexibility index (Phi) is 5.48. The van der Waals surface area contributed by atoms with Crippen LogP contribution >= 0.6 is 10.7 Å². The summed E-state index contributed by atoms with van der Waals surface area (Å²) in [7, 11) is 1.67. The molecule has 5 nitrogen and oxygen atoms in total. The second-order valence-corrected chi connectivity index (χ2v) is 7.69. The number of aryl methyl sites for hydroxylation is 2. The minimum absolute atomic E-state index is 0.111. The van der Waals surface area contributed by atoms with E-state index < -0.39 is 9.05 Å². The average Bonchev–Trinajstić information content (AvgIpc) is 2.42. The minimum Gasteiger partial charge on any atom is -0.492 e. The average molecular weight is 334 g/mol. The van der Waals surface area contributed by atoms with E-state index in [2.05, 4.69) is 4.90 Å². The van der Waals surface area contributed by atoms with Crippen LogP contribution in [0.1, 0.15) is 11.1 Å². The lowest BCUT2D eigenvalue weighted by Crippen LogP contribution is -2.38. The number of rotatable bonds is 5. The second kappa shape index (κ2) is 6.96. The summed E-state index contributed by atoms with van der Waals surface area (Å²) in [6.07, 6.45) is 0. The normalized spacial score (nSPS) is 16.9. The lowest BCUT2D eigenvalue weighted by atomic mass is 10.1. The summed E-state index contributed by atoms with van der Waals surface area (Å²) in [5.41, 5.74) is 1.55. The Morgan fingerprint density at radius 3 is 2.33 bits per heavy atom. The number of halogens is 1. The quantitative estimate of drug-likeness (QED) is 0.771. The molecule has 0 amide bonds. The molecule has 1 heterocycles. The first-order valence-corrected chi connectivity index (χ1v) is 9.17. The number of benzene rings is 1. The maximum Gasteiger partial charge on any atom is 0.261 e. The van der Waals surface area contributed by atoms with Crippen LogP contribution in [0.5, 0.6) is 5.75 Å². The van der Waals surface area contributed by atoms with Crippen molar-refractivity contribution < 1.29 is 17.9 Å². The molecule has 0 aromatic heterocycles. The van der Waals surface area contributed by atoms with Crippen molar-refractivity contribution >= 4 is 19.7 Å². The van der Waals surface area contributed by atoms with Gasteiger partial charge in [-0.2, -0.15) is 0 Å². The Bertz CT molecular complexity index is 574. The highest BCUT2D eigenvalue weighted by Crippen LogP contribution is 2.28. The third-order valence-corrected chi connectivity index (χ3v) is 4.81. The Hall–Kier alpha value is -0.820. The van der Waals surface area contributed by atoms with Gasteiger partial charge in [0.15, 0.2) is 0 Å². The molecule has 1 aliphatic heterocycles. The van der Waals surface area contributed by atoms with Crippen molar-refractivity contribution in [2.24, 2.45) is 0 Å². The van der Waals surface area contributed by atoms with E-state index in [4.69, 9.17) is 20.2 Å². The molecule has 118 valence electrons. The van der Waals surface area contributed by atoms with Gasteiger partial charge in [-0.1, -0.05) is 0 Å². The van der Waals surface area contributed by atoms with E-state index in [0.717, 1.165) is 49.7 Å². The highest BCUT2D eigenvalue weighted by atomic mass is 35.7. The van der Waals surface area contributed by atoms with Crippen LogP contribution in [0, 0.1) is 13.8 Å². The van der Waals surface area contributed by atoms with E-state index in [-0.39, 0.29) is 4.90 Å². The largest absolute Gasteiger partial charge is 0.492 e. The topological polar surface area (TPSA) is 55.8 Å². The summed E-state index contributed by atoms with van der Waals surface area (Å²) < 4.78 is 33.9. The molecular formula is C14H20ClNO4S. The molecule has 0 N–H and O–H groups in total. The highest BCUT2D eigenvalue weighted by molar-refractivity contribution is 8.13.